The lowest BCUT2D eigenvalue weighted by Gasteiger charge is -2.40. The van der Waals surface area contributed by atoms with Gasteiger partial charge in [0.05, 0.1) is 55.9 Å². The van der Waals surface area contributed by atoms with E-state index in [9.17, 15) is 34.8 Å². The van der Waals surface area contributed by atoms with Crippen LogP contribution in [0, 0.1) is 101 Å². The molecule has 0 saturated heterocycles. The molecule has 0 amide bonds. The number of hydrogen-bond acceptors (Lipinski definition) is 11. The Kier molecular flexibility index (Phi) is 13.2. The van der Waals surface area contributed by atoms with E-state index in [0.717, 1.165) is 68.1 Å². The predicted molar refractivity (Wildman–Crippen MR) is 213 cm³/mol. The molecule has 22 unspecified atom stereocenters. The van der Waals surface area contributed by atoms with Crippen molar-refractivity contribution in [2.24, 2.45) is 101 Å². The fourth-order valence-corrected chi connectivity index (χ4v) is 16.0. The van der Waals surface area contributed by atoms with Gasteiger partial charge in [-0.3, -0.25) is 14.4 Å². The Morgan fingerprint density at radius 2 is 1.24 bits per heavy atom. The van der Waals surface area contributed by atoms with Gasteiger partial charge >= 0.3 is 17.9 Å². The molecule has 8 bridgehead atoms. The molecule has 10 aliphatic rings. The highest BCUT2D eigenvalue weighted by molar-refractivity contribution is 5.78. The Balaban J connectivity index is 0.000000161. The molecule has 328 valence electrons. The lowest BCUT2D eigenvalue weighted by molar-refractivity contribution is -0.162. The van der Waals surface area contributed by atoms with Crippen LogP contribution in [0.15, 0.2) is 0 Å². The number of hydrogen-bond donors (Lipinski definition) is 4. The highest BCUT2D eigenvalue weighted by atomic mass is 16.6. The van der Waals surface area contributed by atoms with Crippen molar-refractivity contribution in [3.8, 4) is 0 Å². The topological polar surface area (TPSA) is 169 Å². The van der Waals surface area contributed by atoms with Crippen LogP contribution in [0.4, 0.5) is 0 Å². The molecule has 0 spiro atoms. The standard InChI is InChI=1S/C27H42O8.C10H16O2.C10H16O/c1-5-15(26(30)33-4)9-18(8-14(2)25(29)34-7-6-32-3)27(31)35-22-13-17-11-20(22)24-16-10-19(23(17)24)21(28)12-16;11-8-4-7-5-1-2-6(3-5)9(7)10(8)12;11-10-5-6-4-9(10)8-3-1-2-7(6)8/h14-24,28H,5-13H2,1-4H3;5-12H,1-4H2;6-11H,1-5H2. The minimum Gasteiger partial charge on any atom is -0.469 e. The van der Waals surface area contributed by atoms with E-state index in [-0.39, 0.29) is 49.2 Å². The average molecular weight is 815 g/mol. The van der Waals surface area contributed by atoms with Gasteiger partial charge < -0.3 is 39.4 Å². The van der Waals surface area contributed by atoms with Crippen LogP contribution in [0.2, 0.25) is 0 Å². The summed E-state index contributed by atoms with van der Waals surface area (Å²) >= 11 is 0. The van der Waals surface area contributed by atoms with Gasteiger partial charge in [0.2, 0.25) is 0 Å². The Bertz CT molecular complexity index is 1450. The highest BCUT2D eigenvalue weighted by Crippen LogP contribution is 2.68. The van der Waals surface area contributed by atoms with Crippen LogP contribution in [0.5, 0.6) is 0 Å². The molecule has 11 nitrogen and oxygen atoms in total. The molecule has 58 heavy (non-hydrogen) atoms. The summed E-state index contributed by atoms with van der Waals surface area (Å²) < 4.78 is 21.3. The van der Waals surface area contributed by atoms with E-state index in [0.29, 0.717) is 72.7 Å². The first-order chi connectivity index (χ1) is 27.9. The number of fused-ring (bicyclic) bond motifs is 19. The number of carbonyl (C=O) groups excluding carboxylic acids is 3. The second-order valence-corrected chi connectivity index (χ2v) is 20.9. The Morgan fingerprint density at radius 3 is 1.98 bits per heavy atom. The number of ether oxygens (including phenoxy) is 4. The van der Waals surface area contributed by atoms with Crippen molar-refractivity contribution in [2.45, 2.75) is 147 Å². The van der Waals surface area contributed by atoms with Crippen LogP contribution < -0.4 is 0 Å². The molecule has 11 heteroatoms. The van der Waals surface area contributed by atoms with Gasteiger partial charge in [0.15, 0.2) is 0 Å². The normalized spacial score (nSPS) is 46.7. The van der Waals surface area contributed by atoms with Gasteiger partial charge in [0, 0.05) is 7.11 Å². The molecule has 0 aromatic heterocycles. The molecule has 0 heterocycles. The molecule has 10 saturated carbocycles. The summed E-state index contributed by atoms with van der Waals surface area (Å²) in [4.78, 5) is 38.2. The average Bonchev–Trinajstić information content (AvgIpc) is 4.06. The molecule has 0 aromatic rings. The summed E-state index contributed by atoms with van der Waals surface area (Å²) in [6, 6.07) is 0. The van der Waals surface area contributed by atoms with Gasteiger partial charge in [0.1, 0.15) is 12.7 Å². The summed E-state index contributed by atoms with van der Waals surface area (Å²) in [5.41, 5.74) is 0. The number of aliphatic hydroxyl groups excluding tert-OH is 4. The van der Waals surface area contributed by atoms with Gasteiger partial charge in [-0.1, -0.05) is 20.3 Å². The first kappa shape index (κ1) is 42.9. The molecule has 0 radical (unpaired) electrons. The number of rotatable bonds is 12. The fraction of sp³-hybridized carbons (Fsp3) is 0.936. The SMILES string of the molecule is CCC(CC(CC(C)C(=O)OCCOC)C(=O)OC1CC2CC1C1C3CC(O)C(C3)C21)C(=O)OC.OC1CC2C3CCC(C3)C2C1O.OC1CC2CC1C1CCCC21. The lowest BCUT2D eigenvalue weighted by Crippen LogP contribution is -2.41. The quantitative estimate of drug-likeness (QED) is 0.0842. The summed E-state index contributed by atoms with van der Waals surface area (Å²) in [5.74, 6) is 6.78. The van der Waals surface area contributed by atoms with Gasteiger partial charge in [-0.05, 0) is 179 Å². The van der Waals surface area contributed by atoms with Crippen LogP contribution >= 0.6 is 0 Å². The van der Waals surface area contributed by atoms with Gasteiger partial charge in [-0.15, -0.1) is 0 Å². The lowest BCUT2D eigenvalue weighted by atomic mass is 9.69. The van der Waals surface area contributed by atoms with Gasteiger partial charge in [-0.2, -0.15) is 0 Å². The third-order valence-electron chi connectivity index (χ3n) is 18.3. The van der Waals surface area contributed by atoms with Crippen molar-refractivity contribution in [3.63, 3.8) is 0 Å². The number of aliphatic hydroxyl groups is 4. The van der Waals surface area contributed by atoms with E-state index in [1.807, 2.05) is 6.92 Å². The predicted octanol–water partition coefficient (Wildman–Crippen LogP) is 5.57. The third-order valence-corrected chi connectivity index (χ3v) is 18.3. The molecule has 10 rings (SSSR count). The van der Waals surface area contributed by atoms with E-state index < -0.39 is 30.0 Å². The van der Waals surface area contributed by atoms with Crippen LogP contribution in [0.1, 0.15) is 117 Å². The summed E-state index contributed by atoms with van der Waals surface area (Å²) in [6.07, 6.45) is 15.7. The zero-order chi connectivity index (χ0) is 41.0. The number of carbonyl (C=O) groups is 3. The summed E-state index contributed by atoms with van der Waals surface area (Å²) in [5, 5.41) is 39.3. The maximum Gasteiger partial charge on any atom is 0.309 e. The Hall–Kier alpha value is -1.79. The maximum absolute atomic E-state index is 13.5. The smallest absolute Gasteiger partial charge is 0.309 e. The first-order valence-electron chi connectivity index (χ1n) is 23.6. The monoisotopic (exact) mass is 815 g/mol. The van der Waals surface area contributed by atoms with Crippen molar-refractivity contribution in [1.29, 1.82) is 0 Å². The van der Waals surface area contributed by atoms with Gasteiger partial charge in [-0.25, -0.2) is 0 Å². The van der Waals surface area contributed by atoms with E-state index >= 15 is 0 Å². The molecular formula is C47H74O11. The zero-order valence-electron chi connectivity index (χ0n) is 35.6. The minimum atomic E-state index is -0.583. The fourth-order valence-electron chi connectivity index (χ4n) is 16.0. The number of esters is 3. The third kappa shape index (κ3) is 8.04. The van der Waals surface area contributed by atoms with Crippen LogP contribution in [0.25, 0.3) is 0 Å². The molecule has 0 aromatic carbocycles. The summed E-state index contributed by atoms with van der Waals surface area (Å²) in [7, 11) is 2.89. The first-order valence-corrected chi connectivity index (χ1v) is 23.6. The van der Waals surface area contributed by atoms with Crippen LogP contribution in [0.3, 0.4) is 0 Å². The van der Waals surface area contributed by atoms with E-state index in [1.54, 1.807) is 6.92 Å². The Labute approximate surface area is 346 Å². The van der Waals surface area contributed by atoms with Crippen LogP contribution in [-0.2, 0) is 33.3 Å². The van der Waals surface area contributed by atoms with E-state index in [2.05, 4.69) is 0 Å². The minimum absolute atomic E-state index is 0.0827. The van der Waals surface area contributed by atoms with Crippen molar-refractivity contribution in [1.82, 2.24) is 0 Å². The molecule has 10 aliphatic carbocycles. The van der Waals surface area contributed by atoms with Crippen molar-refractivity contribution in [2.75, 3.05) is 27.4 Å². The zero-order valence-corrected chi connectivity index (χ0v) is 35.6. The van der Waals surface area contributed by atoms with E-state index in [4.69, 9.17) is 18.9 Å². The highest BCUT2D eigenvalue weighted by Gasteiger charge is 2.65. The van der Waals surface area contributed by atoms with E-state index in [1.165, 1.54) is 59.2 Å². The second kappa shape index (κ2) is 17.9. The van der Waals surface area contributed by atoms with Crippen molar-refractivity contribution >= 4 is 17.9 Å². The number of methoxy groups -OCH3 is 2. The molecule has 22 atom stereocenters. The maximum atomic E-state index is 13.5. The van der Waals surface area contributed by atoms with Gasteiger partial charge in [0.25, 0.3) is 0 Å². The molecule has 4 N–H and O–H groups in total. The van der Waals surface area contributed by atoms with Crippen molar-refractivity contribution < 1.29 is 53.8 Å². The molecule has 10 fully saturated rings. The summed E-state index contributed by atoms with van der Waals surface area (Å²) in [6.45, 7) is 4.12. The largest absolute Gasteiger partial charge is 0.469 e. The Morgan fingerprint density at radius 1 is 0.569 bits per heavy atom. The van der Waals surface area contributed by atoms with Crippen LogP contribution in [-0.4, -0.2) is 96.3 Å². The molecule has 0 aliphatic heterocycles. The molecular weight excluding hydrogens is 741 g/mol. The second-order valence-electron chi connectivity index (χ2n) is 20.9. The van der Waals surface area contributed by atoms with Crippen molar-refractivity contribution in [3.05, 3.63) is 0 Å².